The molecule has 0 saturated carbocycles. The van der Waals surface area contributed by atoms with E-state index in [1.807, 2.05) is 0 Å². The molecule has 0 spiro atoms. The summed E-state index contributed by atoms with van der Waals surface area (Å²) < 4.78 is 34.8. The molecule has 7 nitrogen and oxygen atoms in total. The van der Waals surface area contributed by atoms with Crippen LogP contribution in [0.4, 0.5) is 5.69 Å². The summed E-state index contributed by atoms with van der Waals surface area (Å²) in [4.78, 5) is 24.3. The molecule has 0 unspecified atom stereocenters. The number of sulfonamides is 1. The van der Waals surface area contributed by atoms with E-state index in [4.69, 9.17) is 9.15 Å². The van der Waals surface area contributed by atoms with E-state index in [2.05, 4.69) is 4.72 Å². The van der Waals surface area contributed by atoms with Crippen molar-refractivity contribution in [1.82, 2.24) is 0 Å². The molecule has 1 atom stereocenters. The minimum Gasteiger partial charge on any atom is -0.469 e. The van der Waals surface area contributed by atoms with Gasteiger partial charge in [-0.15, -0.1) is 0 Å². The van der Waals surface area contributed by atoms with E-state index >= 15 is 0 Å². The second-order valence-electron chi connectivity index (χ2n) is 5.25. The molecule has 0 aliphatic heterocycles. The van der Waals surface area contributed by atoms with Gasteiger partial charge in [-0.1, -0.05) is 0 Å². The van der Waals surface area contributed by atoms with Crippen LogP contribution in [-0.2, 0) is 14.8 Å². The van der Waals surface area contributed by atoms with Crippen molar-refractivity contribution in [1.29, 1.82) is 0 Å². The number of ketones is 1. The normalized spacial score (nSPS) is 12.5. The third-order valence-corrected chi connectivity index (χ3v) is 3.81. The zero-order valence-electron chi connectivity index (χ0n) is 13.4. The Morgan fingerprint density at radius 2 is 1.79 bits per heavy atom. The number of ether oxygens (including phenoxy) is 1. The Hall–Kier alpha value is -2.61. The van der Waals surface area contributed by atoms with Gasteiger partial charge in [0.1, 0.15) is 11.3 Å². The Morgan fingerprint density at radius 1 is 1.17 bits per heavy atom. The van der Waals surface area contributed by atoms with Gasteiger partial charge in [-0.05, 0) is 44.2 Å². The van der Waals surface area contributed by atoms with Crippen molar-refractivity contribution in [2.45, 2.75) is 20.0 Å². The highest BCUT2D eigenvalue weighted by molar-refractivity contribution is 7.92. The van der Waals surface area contributed by atoms with Gasteiger partial charge in [-0.25, -0.2) is 13.2 Å². The predicted octanol–water partition coefficient (Wildman–Crippen LogP) is 2.39. The van der Waals surface area contributed by atoms with Crippen molar-refractivity contribution in [3.05, 3.63) is 53.5 Å². The van der Waals surface area contributed by atoms with Gasteiger partial charge in [0.25, 0.3) is 0 Å². The summed E-state index contributed by atoms with van der Waals surface area (Å²) in [6.07, 6.45) is 1.41. The Bertz CT molecular complexity index is 851. The number of hydrogen-bond donors (Lipinski definition) is 1. The Morgan fingerprint density at radius 3 is 2.29 bits per heavy atom. The SMILES string of the molecule is Cc1occc1C(=O)O[C@@H](C)C(=O)c1ccc(NS(C)(=O)=O)cc1. The fourth-order valence-electron chi connectivity index (χ4n) is 2.03. The summed E-state index contributed by atoms with van der Waals surface area (Å²) in [6, 6.07) is 7.32. The van der Waals surface area contributed by atoms with Crippen LogP contribution in [0.25, 0.3) is 0 Å². The minimum atomic E-state index is -3.38. The zero-order chi connectivity index (χ0) is 17.9. The first-order valence-electron chi connectivity index (χ1n) is 7.04. The van der Waals surface area contributed by atoms with Crippen molar-refractivity contribution in [2.24, 2.45) is 0 Å². The van der Waals surface area contributed by atoms with Crippen molar-refractivity contribution >= 4 is 27.5 Å². The van der Waals surface area contributed by atoms with E-state index in [0.29, 0.717) is 17.0 Å². The van der Waals surface area contributed by atoms with Gasteiger partial charge in [0.05, 0.1) is 12.5 Å². The standard InChI is InChI=1S/C16H17NO6S/c1-10-14(8-9-22-10)16(19)23-11(2)15(18)12-4-6-13(7-5-12)17-24(3,20)21/h4-9,11,17H,1-3H3/t11-/m0/s1. The van der Waals surface area contributed by atoms with Crippen molar-refractivity contribution < 1.29 is 27.2 Å². The highest BCUT2D eigenvalue weighted by atomic mass is 32.2. The molecule has 2 aromatic rings. The van der Waals surface area contributed by atoms with E-state index in [0.717, 1.165) is 6.26 Å². The monoisotopic (exact) mass is 351 g/mol. The maximum atomic E-state index is 12.3. The smallest absolute Gasteiger partial charge is 0.342 e. The molecule has 1 aromatic carbocycles. The van der Waals surface area contributed by atoms with E-state index in [9.17, 15) is 18.0 Å². The molecule has 1 heterocycles. The number of anilines is 1. The second kappa shape index (κ2) is 6.88. The fraction of sp³-hybridized carbons (Fsp3) is 0.250. The van der Waals surface area contributed by atoms with Gasteiger partial charge < -0.3 is 9.15 Å². The molecule has 0 aliphatic carbocycles. The van der Waals surface area contributed by atoms with Crippen LogP contribution in [-0.4, -0.2) is 32.5 Å². The van der Waals surface area contributed by atoms with E-state index in [-0.39, 0.29) is 5.56 Å². The van der Waals surface area contributed by atoms with Gasteiger partial charge in [-0.3, -0.25) is 9.52 Å². The number of esters is 1. The second-order valence-corrected chi connectivity index (χ2v) is 7.00. The Labute approximate surface area is 139 Å². The van der Waals surface area contributed by atoms with Crippen LogP contribution in [0.15, 0.2) is 41.0 Å². The molecule has 1 N–H and O–H groups in total. The average molecular weight is 351 g/mol. The van der Waals surface area contributed by atoms with Crippen LogP contribution in [0.5, 0.6) is 0 Å². The number of aryl methyl sites for hydroxylation is 1. The van der Waals surface area contributed by atoms with Crippen molar-refractivity contribution in [2.75, 3.05) is 11.0 Å². The van der Waals surface area contributed by atoms with Gasteiger partial charge in [-0.2, -0.15) is 0 Å². The summed E-state index contributed by atoms with van der Waals surface area (Å²) in [5, 5.41) is 0. The molecule has 0 aliphatic rings. The molecule has 0 amide bonds. The number of benzene rings is 1. The van der Waals surface area contributed by atoms with Gasteiger partial charge in [0.15, 0.2) is 6.10 Å². The lowest BCUT2D eigenvalue weighted by Gasteiger charge is -2.12. The number of carbonyl (C=O) groups excluding carboxylic acids is 2. The first-order valence-corrected chi connectivity index (χ1v) is 8.93. The van der Waals surface area contributed by atoms with E-state index in [1.165, 1.54) is 43.5 Å². The van der Waals surface area contributed by atoms with Crippen LogP contribution in [0, 0.1) is 6.92 Å². The van der Waals surface area contributed by atoms with Crippen LogP contribution >= 0.6 is 0 Å². The number of furan rings is 1. The maximum absolute atomic E-state index is 12.3. The van der Waals surface area contributed by atoms with Gasteiger partial charge >= 0.3 is 5.97 Å². The highest BCUT2D eigenvalue weighted by Crippen LogP contribution is 2.16. The molecule has 2 rings (SSSR count). The number of hydrogen-bond acceptors (Lipinski definition) is 6. The Balaban J connectivity index is 2.05. The third kappa shape index (κ3) is 4.45. The van der Waals surface area contributed by atoms with Crippen LogP contribution < -0.4 is 4.72 Å². The zero-order valence-corrected chi connectivity index (χ0v) is 14.2. The average Bonchev–Trinajstić information content (AvgIpc) is 2.92. The van der Waals surface area contributed by atoms with E-state index in [1.54, 1.807) is 6.92 Å². The predicted molar refractivity (Wildman–Crippen MR) is 87.6 cm³/mol. The lowest BCUT2D eigenvalue weighted by molar-refractivity contribution is 0.0317. The van der Waals surface area contributed by atoms with E-state index < -0.39 is 27.9 Å². The largest absolute Gasteiger partial charge is 0.469 e. The molecule has 24 heavy (non-hydrogen) atoms. The summed E-state index contributed by atoms with van der Waals surface area (Å²) >= 11 is 0. The van der Waals surface area contributed by atoms with Crippen molar-refractivity contribution in [3.63, 3.8) is 0 Å². The minimum absolute atomic E-state index is 0.266. The summed E-state index contributed by atoms with van der Waals surface area (Å²) in [6.45, 7) is 3.09. The lowest BCUT2D eigenvalue weighted by atomic mass is 10.1. The van der Waals surface area contributed by atoms with Crippen LogP contribution in [0.1, 0.15) is 33.4 Å². The summed E-state index contributed by atoms with van der Waals surface area (Å²) in [5.41, 5.74) is 0.910. The topological polar surface area (TPSA) is 103 Å². The molecule has 8 heteroatoms. The fourth-order valence-corrected chi connectivity index (χ4v) is 2.59. The first-order chi connectivity index (χ1) is 11.2. The number of nitrogens with one attached hydrogen (secondary N) is 1. The number of rotatable bonds is 6. The van der Waals surface area contributed by atoms with Gasteiger partial charge in [0.2, 0.25) is 15.8 Å². The molecule has 1 aromatic heterocycles. The molecule has 0 fully saturated rings. The van der Waals surface area contributed by atoms with Crippen LogP contribution in [0.3, 0.4) is 0 Å². The third-order valence-electron chi connectivity index (χ3n) is 3.20. The van der Waals surface area contributed by atoms with Crippen LogP contribution in [0.2, 0.25) is 0 Å². The van der Waals surface area contributed by atoms with Gasteiger partial charge in [0, 0.05) is 11.3 Å². The highest BCUT2D eigenvalue weighted by Gasteiger charge is 2.22. The number of carbonyl (C=O) groups is 2. The lowest BCUT2D eigenvalue weighted by Crippen LogP contribution is -2.24. The summed E-state index contributed by atoms with van der Waals surface area (Å²) in [5.74, 6) is -0.622. The molecule has 0 saturated heterocycles. The summed E-state index contributed by atoms with van der Waals surface area (Å²) in [7, 11) is -3.38. The molecular weight excluding hydrogens is 334 g/mol. The quantitative estimate of drug-likeness (QED) is 0.633. The molecule has 0 radical (unpaired) electrons. The number of Topliss-reactive ketones (excluding diaryl/α,β-unsaturated/α-hetero) is 1. The first kappa shape index (κ1) is 17.7. The maximum Gasteiger partial charge on any atom is 0.342 e. The molecule has 0 bridgehead atoms. The Kier molecular flexibility index (Phi) is 5.08. The van der Waals surface area contributed by atoms with Crippen molar-refractivity contribution in [3.8, 4) is 0 Å². The molecule has 128 valence electrons. The molecular formula is C16H17NO6S.